The van der Waals surface area contributed by atoms with Crippen LogP contribution in [-0.4, -0.2) is 22.1 Å². The van der Waals surface area contributed by atoms with Gasteiger partial charge < -0.3 is 9.84 Å². The molecule has 1 amide bonds. The average molecular weight is 307 g/mol. The van der Waals surface area contributed by atoms with Crippen LogP contribution in [0.25, 0.3) is 22.2 Å². The number of hydrogen-bond donors (Lipinski definition) is 1. The third-order valence-electron chi connectivity index (χ3n) is 4.16. The highest BCUT2D eigenvalue weighted by Gasteiger charge is 2.25. The van der Waals surface area contributed by atoms with Gasteiger partial charge in [-0.05, 0) is 38.8 Å². The summed E-state index contributed by atoms with van der Waals surface area (Å²) >= 11 is 0. The second kappa shape index (κ2) is 5.19. The first-order valence-corrected chi connectivity index (χ1v) is 7.77. The maximum Gasteiger partial charge on any atom is 0.252 e. The van der Waals surface area contributed by atoms with Gasteiger partial charge in [0.1, 0.15) is 5.76 Å². The first-order chi connectivity index (χ1) is 11.1. The minimum atomic E-state index is -0.0425. The predicted octanol–water partition coefficient (Wildman–Crippen LogP) is 3.40. The van der Waals surface area contributed by atoms with E-state index < -0.39 is 0 Å². The van der Waals surface area contributed by atoms with E-state index in [0.717, 1.165) is 40.7 Å². The molecule has 23 heavy (non-hydrogen) atoms. The SMILES string of the molecule is Cc1noc(C)c1-c1cc(C(=O)NC2CC2)c2ccccc2n1. The van der Waals surface area contributed by atoms with Crippen molar-refractivity contribution in [3.05, 3.63) is 47.3 Å². The lowest BCUT2D eigenvalue weighted by Gasteiger charge is -2.10. The molecule has 2 heterocycles. The quantitative estimate of drug-likeness (QED) is 0.805. The zero-order chi connectivity index (χ0) is 16.0. The number of nitrogens with one attached hydrogen (secondary N) is 1. The monoisotopic (exact) mass is 307 g/mol. The first-order valence-electron chi connectivity index (χ1n) is 7.77. The maximum atomic E-state index is 12.6. The van der Waals surface area contributed by atoms with Gasteiger partial charge in [-0.25, -0.2) is 4.98 Å². The molecular weight excluding hydrogens is 290 g/mol. The van der Waals surface area contributed by atoms with E-state index in [1.807, 2.05) is 44.2 Å². The van der Waals surface area contributed by atoms with Gasteiger partial charge in [0.05, 0.1) is 28.0 Å². The molecule has 4 rings (SSSR count). The van der Waals surface area contributed by atoms with Gasteiger partial charge in [0.2, 0.25) is 0 Å². The Labute approximate surface area is 133 Å². The minimum Gasteiger partial charge on any atom is -0.361 e. The maximum absolute atomic E-state index is 12.6. The summed E-state index contributed by atoms with van der Waals surface area (Å²) in [7, 11) is 0. The summed E-state index contributed by atoms with van der Waals surface area (Å²) in [6.45, 7) is 3.74. The largest absolute Gasteiger partial charge is 0.361 e. The van der Waals surface area contributed by atoms with Crippen LogP contribution < -0.4 is 5.32 Å². The first kappa shape index (κ1) is 13.9. The minimum absolute atomic E-state index is 0.0425. The summed E-state index contributed by atoms with van der Waals surface area (Å²) in [5.74, 6) is 0.665. The standard InChI is InChI=1S/C18H17N3O2/c1-10-17(11(2)23-21-10)16-9-14(18(22)19-12-7-8-12)13-5-3-4-6-15(13)20-16/h3-6,9,12H,7-8H2,1-2H3,(H,19,22). The number of pyridine rings is 1. The number of hydrogen-bond acceptors (Lipinski definition) is 4. The average Bonchev–Trinajstić information content (AvgIpc) is 3.30. The van der Waals surface area contributed by atoms with Gasteiger partial charge in [0.25, 0.3) is 5.91 Å². The van der Waals surface area contributed by atoms with E-state index in [4.69, 9.17) is 9.51 Å². The van der Waals surface area contributed by atoms with Crippen molar-refractivity contribution in [1.29, 1.82) is 0 Å². The number of carbonyl (C=O) groups is 1. The molecule has 0 atom stereocenters. The third-order valence-corrected chi connectivity index (χ3v) is 4.16. The smallest absolute Gasteiger partial charge is 0.252 e. The Morgan fingerprint density at radius 2 is 2.04 bits per heavy atom. The summed E-state index contributed by atoms with van der Waals surface area (Å²) in [4.78, 5) is 17.3. The summed E-state index contributed by atoms with van der Waals surface area (Å²) < 4.78 is 5.25. The fourth-order valence-electron chi connectivity index (χ4n) is 2.83. The number of para-hydroxylation sites is 1. The summed E-state index contributed by atoms with van der Waals surface area (Å²) in [5.41, 5.74) is 3.81. The van der Waals surface area contributed by atoms with Gasteiger partial charge in [-0.2, -0.15) is 0 Å². The molecule has 1 aliphatic carbocycles. The Hall–Kier alpha value is -2.69. The predicted molar refractivity (Wildman–Crippen MR) is 87.2 cm³/mol. The lowest BCUT2D eigenvalue weighted by atomic mass is 10.0. The van der Waals surface area contributed by atoms with Crippen molar-refractivity contribution >= 4 is 16.8 Å². The van der Waals surface area contributed by atoms with Crippen LogP contribution in [0.2, 0.25) is 0 Å². The van der Waals surface area contributed by atoms with E-state index in [-0.39, 0.29) is 5.91 Å². The molecule has 0 radical (unpaired) electrons. The Morgan fingerprint density at radius 1 is 1.26 bits per heavy atom. The third kappa shape index (κ3) is 2.48. The van der Waals surface area contributed by atoms with Crippen LogP contribution in [0.5, 0.6) is 0 Å². The topological polar surface area (TPSA) is 68.0 Å². The number of amides is 1. The van der Waals surface area contributed by atoms with Gasteiger partial charge in [0, 0.05) is 11.4 Å². The molecule has 5 heteroatoms. The second-order valence-corrected chi connectivity index (χ2v) is 6.02. The van der Waals surface area contributed by atoms with Crippen molar-refractivity contribution in [1.82, 2.24) is 15.5 Å². The summed E-state index contributed by atoms with van der Waals surface area (Å²) in [5, 5.41) is 7.91. The van der Waals surface area contributed by atoms with Crippen molar-refractivity contribution in [3.63, 3.8) is 0 Å². The zero-order valence-electron chi connectivity index (χ0n) is 13.1. The van der Waals surface area contributed by atoms with Crippen molar-refractivity contribution in [2.24, 2.45) is 0 Å². The van der Waals surface area contributed by atoms with Gasteiger partial charge in [-0.1, -0.05) is 23.4 Å². The van der Waals surface area contributed by atoms with Crippen molar-refractivity contribution in [2.75, 3.05) is 0 Å². The molecular formula is C18H17N3O2. The molecule has 1 saturated carbocycles. The van der Waals surface area contributed by atoms with Crippen molar-refractivity contribution in [2.45, 2.75) is 32.7 Å². The molecule has 0 bridgehead atoms. The normalized spacial score (nSPS) is 14.2. The highest BCUT2D eigenvalue weighted by atomic mass is 16.5. The molecule has 0 unspecified atom stereocenters. The lowest BCUT2D eigenvalue weighted by molar-refractivity contribution is 0.0952. The van der Waals surface area contributed by atoms with Crippen LogP contribution in [0, 0.1) is 13.8 Å². The van der Waals surface area contributed by atoms with Gasteiger partial charge >= 0.3 is 0 Å². The Bertz CT molecular complexity index is 890. The molecule has 3 aromatic rings. The van der Waals surface area contributed by atoms with E-state index in [2.05, 4.69) is 10.5 Å². The summed E-state index contributed by atoms with van der Waals surface area (Å²) in [6.07, 6.45) is 2.12. The molecule has 0 spiro atoms. The zero-order valence-corrected chi connectivity index (χ0v) is 13.1. The number of aromatic nitrogens is 2. The molecule has 1 fully saturated rings. The van der Waals surface area contributed by atoms with Crippen LogP contribution in [0.3, 0.4) is 0 Å². The fraction of sp³-hybridized carbons (Fsp3) is 0.278. The molecule has 1 N–H and O–H groups in total. The molecule has 0 saturated heterocycles. The van der Waals surface area contributed by atoms with Gasteiger partial charge in [-0.15, -0.1) is 0 Å². The van der Waals surface area contributed by atoms with Crippen LogP contribution in [0.1, 0.15) is 34.7 Å². The molecule has 5 nitrogen and oxygen atoms in total. The van der Waals surface area contributed by atoms with E-state index in [0.29, 0.717) is 17.4 Å². The molecule has 2 aromatic heterocycles. The van der Waals surface area contributed by atoms with Crippen LogP contribution in [0.4, 0.5) is 0 Å². The lowest BCUT2D eigenvalue weighted by Crippen LogP contribution is -2.25. The number of nitrogens with zero attached hydrogens (tertiary/aromatic N) is 2. The van der Waals surface area contributed by atoms with Crippen molar-refractivity contribution < 1.29 is 9.32 Å². The highest BCUT2D eigenvalue weighted by Crippen LogP contribution is 2.30. The number of carbonyl (C=O) groups excluding carboxylic acids is 1. The van der Waals surface area contributed by atoms with Gasteiger partial charge in [-0.3, -0.25) is 4.79 Å². The van der Waals surface area contributed by atoms with E-state index in [1.165, 1.54) is 0 Å². The van der Waals surface area contributed by atoms with E-state index in [1.54, 1.807) is 0 Å². The number of rotatable bonds is 3. The Kier molecular flexibility index (Phi) is 3.15. The number of benzene rings is 1. The summed E-state index contributed by atoms with van der Waals surface area (Å²) in [6, 6.07) is 9.86. The fourth-order valence-corrected chi connectivity index (χ4v) is 2.83. The van der Waals surface area contributed by atoms with Crippen LogP contribution >= 0.6 is 0 Å². The van der Waals surface area contributed by atoms with Crippen LogP contribution in [0.15, 0.2) is 34.9 Å². The second-order valence-electron chi connectivity index (χ2n) is 6.02. The molecule has 0 aliphatic heterocycles. The Balaban J connectivity index is 1.91. The number of aryl methyl sites for hydroxylation is 2. The molecule has 116 valence electrons. The van der Waals surface area contributed by atoms with Gasteiger partial charge in [0.15, 0.2) is 0 Å². The van der Waals surface area contributed by atoms with Crippen molar-refractivity contribution in [3.8, 4) is 11.3 Å². The van der Waals surface area contributed by atoms with E-state index >= 15 is 0 Å². The molecule has 1 aliphatic rings. The highest BCUT2D eigenvalue weighted by molar-refractivity contribution is 6.07. The number of fused-ring (bicyclic) bond motifs is 1. The van der Waals surface area contributed by atoms with Crippen LogP contribution in [-0.2, 0) is 0 Å². The Morgan fingerprint density at radius 3 is 2.74 bits per heavy atom. The molecule has 1 aromatic carbocycles. The van der Waals surface area contributed by atoms with E-state index in [9.17, 15) is 4.79 Å².